The molecule has 72 heavy (non-hydrogen) atoms. The van der Waals surface area contributed by atoms with Gasteiger partial charge < -0.3 is 0 Å². The van der Waals surface area contributed by atoms with Crippen LogP contribution in [0.25, 0.3) is 45.5 Å². The fraction of sp³-hybridized carbons (Fsp3) is 0.286. The van der Waals surface area contributed by atoms with Crippen LogP contribution >= 0.6 is 17.0 Å². The SMILES string of the molecule is Cc1ccc2c(c1-c1cc(C(F)(F)F)cc(C(F)(F)F)c1)C=C(C(C)(C)C)[CH]2[Zr]([Cl])([Cl])([c]1cccc2c1[SiH2]c1ccccc1-2)[CH]1C(C(C)(C)C)=Cc2c1ccc(C)c2-c1cc(C(F)(F)F)cc(C(F)(F)F)c1. The summed E-state index contributed by atoms with van der Waals surface area (Å²) in [4.78, 5) is 0. The number of aryl methyl sites for hydroxylation is 2. The minimum absolute atomic E-state index is 0.0876. The van der Waals surface area contributed by atoms with Crippen LogP contribution in [-0.2, 0) is 41.1 Å². The Labute approximate surface area is 420 Å². The van der Waals surface area contributed by atoms with E-state index in [9.17, 15) is 52.7 Å². The molecule has 0 fully saturated rings. The third kappa shape index (κ3) is 8.59. The molecule has 2 unspecified atom stereocenters. The van der Waals surface area contributed by atoms with Crippen molar-refractivity contribution in [2.45, 2.75) is 87.3 Å². The Balaban J connectivity index is 1.42. The summed E-state index contributed by atoms with van der Waals surface area (Å²) in [5, 5.41) is 2.07. The van der Waals surface area contributed by atoms with E-state index in [0.717, 1.165) is 21.5 Å². The molecule has 6 aromatic rings. The number of hydrogen-bond acceptors (Lipinski definition) is 0. The number of hydrogen-bond donors (Lipinski definition) is 0. The van der Waals surface area contributed by atoms with E-state index in [1.165, 1.54) is 0 Å². The van der Waals surface area contributed by atoms with Crippen molar-refractivity contribution in [3.63, 3.8) is 0 Å². The first-order chi connectivity index (χ1) is 33.0. The maximum absolute atomic E-state index is 14.5. The van der Waals surface area contributed by atoms with Crippen molar-refractivity contribution in [3.8, 4) is 33.4 Å². The zero-order valence-electron chi connectivity index (χ0n) is 40.1. The van der Waals surface area contributed by atoms with E-state index >= 15 is 0 Å². The molecule has 1 heterocycles. The van der Waals surface area contributed by atoms with Gasteiger partial charge in [-0.2, -0.15) is 0 Å². The molecule has 0 nitrogen and oxygen atoms in total. The molecule has 0 bridgehead atoms. The molecule has 0 radical (unpaired) electrons. The molecule has 0 saturated heterocycles. The standard InChI is InChI=1S/2C22H19F6.C12H9Si.2ClH.Zr/c2*1-12-5-6-13-7-15(20(2,3)4)11-18(13)19(12)14-8-16(21(23,24)25)10-17(9-14)22(26,27)28;1-3-7-11-9(5-1)10-6-2-4-8-12(10)13-11;;;/h2*5-11H,1-4H3;1-7H,13H2;2*1H;/q;;;;;+2/p-2. The summed E-state index contributed by atoms with van der Waals surface area (Å²) in [7, 11) is 16.9. The Bertz CT molecular complexity index is 3090. The van der Waals surface area contributed by atoms with E-state index in [2.05, 4.69) is 0 Å². The fourth-order valence-corrected chi connectivity index (χ4v) is 39.9. The molecule has 1 aliphatic heterocycles. The van der Waals surface area contributed by atoms with Gasteiger partial charge >= 0.3 is 423 Å². The topological polar surface area (TPSA) is 0 Å². The summed E-state index contributed by atoms with van der Waals surface area (Å²) in [6.45, 7) is 14.8. The molecule has 0 N–H and O–H groups in total. The monoisotopic (exact) mass is 1140 g/mol. The van der Waals surface area contributed by atoms with Crippen molar-refractivity contribution in [2.75, 3.05) is 0 Å². The molecule has 0 amide bonds. The van der Waals surface area contributed by atoms with E-state index in [-0.39, 0.29) is 34.4 Å². The van der Waals surface area contributed by atoms with Crippen LogP contribution in [0.2, 0.25) is 0 Å². The number of rotatable bonds is 5. The van der Waals surface area contributed by atoms with Crippen molar-refractivity contribution < 1.29 is 69.1 Å². The van der Waals surface area contributed by atoms with Gasteiger partial charge in [-0.1, -0.05) is 0 Å². The average molecular weight is 1140 g/mol. The summed E-state index contributed by atoms with van der Waals surface area (Å²) in [6.07, 6.45) is -16.9. The quantitative estimate of drug-likeness (QED) is 0.119. The van der Waals surface area contributed by atoms with E-state index in [0.29, 0.717) is 72.1 Å². The van der Waals surface area contributed by atoms with Crippen LogP contribution in [0.3, 0.4) is 0 Å². The van der Waals surface area contributed by atoms with Crippen molar-refractivity contribution in [3.05, 3.63) is 170 Å². The summed E-state index contributed by atoms with van der Waals surface area (Å²) in [6, 6.07) is 23.6. The van der Waals surface area contributed by atoms with Gasteiger partial charge in [0.1, 0.15) is 0 Å². The summed E-state index contributed by atoms with van der Waals surface area (Å²) in [5.41, 5.74) is -2.31. The van der Waals surface area contributed by atoms with E-state index in [1.807, 2.05) is 96.2 Å². The van der Waals surface area contributed by atoms with Crippen molar-refractivity contribution in [1.29, 1.82) is 0 Å². The molecule has 377 valence electrons. The number of alkyl halides is 12. The zero-order chi connectivity index (χ0) is 52.9. The Morgan fingerprint density at radius 1 is 0.458 bits per heavy atom. The first kappa shape index (κ1) is 52.5. The first-order valence-corrected chi connectivity index (χ1v) is 34.9. The number of fused-ring (bicyclic) bond motifs is 5. The molecule has 0 spiro atoms. The molecule has 3 aliphatic rings. The second-order valence-electron chi connectivity index (χ2n) is 21.5. The van der Waals surface area contributed by atoms with Crippen molar-refractivity contribution >= 4 is 52.3 Å². The van der Waals surface area contributed by atoms with Crippen LogP contribution in [0.4, 0.5) is 52.7 Å². The first-order valence-electron chi connectivity index (χ1n) is 23.1. The molecule has 0 aromatic heterocycles. The normalized spacial score (nSPS) is 18.1. The van der Waals surface area contributed by atoms with Gasteiger partial charge in [0.05, 0.1) is 0 Å². The second kappa shape index (κ2) is 16.8. The molecule has 6 aromatic carbocycles. The number of halogens is 14. The van der Waals surface area contributed by atoms with Gasteiger partial charge in [0.2, 0.25) is 0 Å². The molecule has 9 rings (SSSR count). The van der Waals surface area contributed by atoms with Gasteiger partial charge in [0.25, 0.3) is 0 Å². The minimum atomic E-state index is -6.68. The predicted molar refractivity (Wildman–Crippen MR) is 265 cm³/mol. The predicted octanol–water partition coefficient (Wildman–Crippen LogP) is 16.8. The van der Waals surface area contributed by atoms with Crippen molar-refractivity contribution in [1.82, 2.24) is 0 Å². The molecule has 16 heteroatoms. The Hall–Kier alpha value is -4.36. The van der Waals surface area contributed by atoms with E-state index in [4.69, 9.17) is 17.0 Å². The third-order valence-electron chi connectivity index (χ3n) is 14.7. The Morgan fingerprint density at radius 2 is 0.833 bits per heavy atom. The van der Waals surface area contributed by atoms with E-state index in [1.54, 1.807) is 38.1 Å². The fourth-order valence-electron chi connectivity index (χ4n) is 11.6. The number of benzene rings is 6. The molecular weight excluding hydrogens is 1090 g/mol. The van der Waals surface area contributed by atoms with Gasteiger partial charge in [0.15, 0.2) is 0 Å². The second-order valence-corrected chi connectivity index (χ2v) is 43.9. The van der Waals surface area contributed by atoms with Gasteiger partial charge in [-0.3, -0.25) is 0 Å². The van der Waals surface area contributed by atoms with Crippen LogP contribution in [0.15, 0.2) is 114 Å². The average Bonchev–Trinajstić information content (AvgIpc) is 3.98. The molecule has 2 atom stereocenters. The van der Waals surface area contributed by atoms with Crippen LogP contribution in [0.1, 0.15) is 104 Å². The molecule has 2 aliphatic carbocycles. The Morgan fingerprint density at radius 3 is 1.21 bits per heavy atom. The van der Waals surface area contributed by atoms with Gasteiger partial charge in [-0.05, 0) is 0 Å². The van der Waals surface area contributed by atoms with Gasteiger partial charge in [-0.25, -0.2) is 0 Å². The van der Waals surface area contributed by atoms with Crippen LogP contribution < -0.4 is 13.6 Å². The summed E-state index contributed by atoms with van der Waals surface area (Å²) in [5.74, 6) is 0. The number of allylic oxidation sites excluding steroid dienone is 2. The van der Waals surface area contributed by atoms with E-state index < -0.39 is 91.0 Å². The van der Waals surface area contributed by atoms with Gasteiger partial charge in [-0.15, -0.1) is 0 Å². The zero-order valence-corrected chi connectivity index (χ0v) is 45.5. The molecule has 0 saturated carbocycles. The summed E-state index contributed by atoms with van der Waals surface area (Å²) < 4.78 is 173. The molecular formula is C56H47Cl2F12SiZr. The third-order valence-corrected chi connectivity index (χ3v) is 37.2. The van der Waals surface area contributed by atoms with Crippen LogP contribution in [0.5, 0.6) is 0 Å². The maximum atomic E-state index is 14.5. The summed E-state index contributed by atoms with van der Waals surface area (Å²) >= 11 is -6.68. The van der Waals surface area contributed by atoms with Gasteiger partial charge in [0, 0.05) is 0 Å². The van der Waals surface area contributed by atoms with Crippen LogP contribution in [0, 0.1) is 24.7 Å². The van der Waals surface area contributed by atoms with Crippen LogP contribution in [-0.4, -0.2) is 9.52 Å². The van der Waals surface area contributed by atoms with Crippen molar-refractivity contribution in [2.24, 2.45) is 10.8 Å². The Kier molecular flexibility index (Phi) is 12.3.